The monoisotopic (exact) mass is 940 g/mol. The highest BCUT2D eigenvalue weighted by Gasteiger charge is 2.60. The number of carbonyl (C=O) groups is 6. The third kappa shape index (κ3) is 11.3. The van der Waals surface area contributed by atoms with E-state index in [0.717, 1.165) is 20.8 Å². The summed E-state index contributed by atoms with van der Waals surface area (Å²) in [4.78, 5) is 69.3. The highest BCUT2D eigenvalue weighted by atomic mass is 19.2. The number of ether oxygens (including phenoxy) is 10. The van der Waals surface area contributed by atoms with Crippen molar-refractivity contribution in [2.45, 2.75) is 140 Å². The van der Waals surface area contributed by atoms with Crippen molar-refractivity contribution >= 4 is 35.8 Å². The highest BCUT2D eigenvalue weighted by molar-refractivity contribution is 5.91. The first kappa shape index (κ1) is 51.8. The van der Waals surface area contributed by atoms with Gasteiger partial charge in [-0.1, -0.05) is 36.4 Å². The Labute approximate surface area is 378 Å². The fourth-order valence-corrected chi connectivity index (χ4v) is 7.45. The van der Waals surface area contributed by atoms with Crippen LogP contribution >= 0.6 is 0 Å². The van der Waals surface area contributed by atoms with E-state index in [-0.39, 0.29) is 30.3 Å². The SMILES string of the molecule is CC1(C)OC2[C@@H](COC(=O)C2(C)C)O1.CC1(C)OC2[C@@H](COC(=O)[C@]2(C)F)O1.C[C@]1(F)C(=O)O[C@H](CO)[C@H]1O.C[C@]1(F)C(=O)O[C@H](COC(=O)c2ccccc2)[C@H]1OC(=O)c1ccccc1. The van der Waals surface area contributed by atoms with Gasteiger partial charge in [-0.05, 0) is 86.6 Å². The van der Waals surface area contributed by atoms with Gasteiger partial charge in [0.2, 0.25) is 17.0 Å². The van der Waals surface area contributed by atoms with Crippen molar-refractivity contribution in [2.75, 3.05) is 26.4 Å². The van der Waals surface area contributed by atoms with Gasteiger partial charge in [0.1, 0.15) is 50.3 Å². The molecule has 0 radical (unpaired) electrons. The van der Waals surface area contributed by atoms with Crippen LogP contribution in [0.1, 0.15) is 83.0 Å². The maximum atomic E-state index is 14.8. The average Bonchev–Trinajstić information content (AvgIpc) is 3.91. The van der Waals surface area contributed by atoms with Crippen molar-refractivity contribution in [2.24, 2.45) is 5.41 Å². The molecule has 18 nitrogen and oxygen atoms in total. The molecule has 0 saturated carbocycles. The van der Waals surface area contributed by atoms with Crippen molar-refractivity contribution in [1.82, 2.24) is 0 Å². The molecule has 66 heavy (non-hydrogen) atoms. The summed E-state index contributed by atoms with van der Waals surface area (Å²) in [6.45, 7) is 13.2. The second-order valence-corrected chi connectivity index (χ2v) is 18.0. The van der Waals surface area contributed by atoms with Crippen molar-refractivity contribution < 1.29 is 99.5 Å². The second kappa shape index (κ2) is 19.6. The molecule has 6 fully saturated rings. The van der Waals surface area contributed by atoms with Crippen molar-refractivity contribution in [3.63, 3.8) is 0 Å². The normalized spacial score (nSPS) is 35.2. The first-order valence-corrected chi connectivity index (χ1v) is 20.9. The van der Waals surface area contributed by atoms with Crippen LogP contribution in [0.3, 0.4) is 0 Å². The molecule has 6 aliphatic rings. The summed E-state index contributed by atoms with van der Waals surface area (Å²) in [5.41, 5.74) is -7.16. The predicted octanol–water partition coefficient (Wildman–Crippen LogP) is 3.60. The maximum absolute atomic E-state index is 14.8. The molecule has 8 rings (SSSR count). The predicted molar refractivity (Wildman–Crippen MR) is 217 cm³/mol. The molecule has 21 heteroatoms. The van der Waals surface area contributed by atoms with Gasteiger partial charge in [-0.25, -0.2) is 37.1 Å². The highest BCUT2D eigenvalue weighted by Crippen LogP contribution is 2.42. The number of halogens is 3. The van der Waals surface area contributed by atoms with Crippen LogP contribution in [0.2, 0.25) is 0 Å². The van der Waals surface area contributed by atoms with Gasteiger partial charge < -0.3 is 57.6 Å². The second-order valence-electron chi connectivity index (χ2n) is 18.0. The lowest BCUT2D eigenvalue weighted by atomic mass is 9.82. The standard InChI is InChI=1S/C20H17FO6.C10H16O4.C9H13FO4.C6H9FO4/c1-20(21)16(27-18(23)14-10-6-3-7-11-14)15(26-19(20)24)12-25-17(22)13-8-4-2-5-9-13;1-9(2)7-6(5-12-8(9)11)13-10(3,4)14-7;1-8(2)13-5-4-12-7(11)9(3,10)6(5)14-8;1-6(7)4(9)3(2-8)11-5(6)10/h2-11,15-16H,12H2,1H3;6-7H,5H2,1-4H3;5-6H,4H2,1-3H3;3-4,8-9H,2H2,1H3/t15-,16-,20-;6-,7?;5-,6?,9-;3-,4-,6-/m1111/s1. The minimum Gasteiger partial charge on any atom is -0.462 e. The average molecular weight is 941 g/mol. The Morgan fingerprint density at radius 1 is 0.606 bits per heavy atom. The summed E-state index contributed by atoms with van der Waals surface area (Å²) in [7, 11) is 0. The molecular weight excluding hydrogens is 885 g/mol. The van der Waals surface area contributed by atoms with Crippen molar-refractivity contribution in [3.8, 4) is 0 Å². The molecule has 2 N–H and O–H groups in total. The van der Waals surface area contributed by atoms with E-state index in [1.165, 1.54) is 12.1 Å². The van der Waals surface area contributed by atoms with E-state index in [9.17, 15) is 41.9 Å². The third-order valence-corrected chi connectivity index (χ3v) is 11.2. The smallest absolute Gasteiger partial charge is 0.348 e. The lowest BCUT2D eigenvalue weighted by molar-refractivity contribution is -0.181. The third-order valence-electron chi connectivity index (χ3n) is 11.2. The van der Waals surface area contributed by atoms with E-state index in [2.05, 4.69) is 9.47 Å². The minimum atomic E-state index is -2.55. The van der Waals surface area contributed by atoms with Crippen LogP contribution in [0.4, 0.5) is 13.2 Å². The first-order chi connectivity index (χ1) is 30.5. The van der Waals surface area contributed by atoms with E-state index in [0.29, 0.717) is 12.2 Å². The van der Waals surface area contributed by atoms with Gasteiger partial charge in [0.05, 0.1) is 23.1 Å². The molecule has 364 valence electrons. The van der Waals surface area contributed by atoms with Crippen LogP contribution in [0.15, 0.2) is 60.7 Å². The Morgan fingerprint density at radius 2 is 1.06 bits per heavy atom. The number of aliphatic hydroxyl groups excluding tert-OH is 2. The summed E-state index contributed by atoms with van der Waals surface area (Å²) >= 11 is 0. The number of alkyl halides is 3. The van der Waals surface area contributed by atoms with Crippen LogP contribution in [-0.2, 0) is 66.5 Å². The number of benzene rings is 2. The molecule has 0 bridgehead atoms. The van der Waals surface area contributed by atoms with E-state index in [1.807, 2.05) is 27.7 Å². The Kier molecular flexibility index (Phi) is 15.4. The zero-order valence-electron chi connectivity index (χ0n) is 37.8. The summed E-state index contributed by atoms with van der Waals surface area (Å²) in [5.74, 6) is -6.30. The number of hydrogen-bond donors (Lipinski definition) is 2. The quantitative estimate of drug-likeness (QED) is 0.311. The molecule has 2 aromatic carbocycles. The first-order valence-electron chi connectivity index (χ1n) is 20.9. The molecule has 2 aromatic rings. The summed E-state index contributed by atoms with van der Waals surface area (Å²) in [6, 6.07) is 16.1. The molecule has 6 saturated heterocycles. The Hall–Kier alpha value is -5.19. The largest absolute Gasteiger partial charge is 0.462 e. The van der Waals surface area contributed by atoms with E-state index in [1.54, 1.807) is 62.4 Å². The molecular formula is C45H55F3O18. The van der Waals surface area contributed by atoms with Crippen molar-refractivity contribution in [3.05, 3.63) is 71.8 Å². The van der Waals surface area contributed by atoms with Crippen LogP contribution in [0.25, 0.3) is 0 Å². The van der Waals surface area contributed by atoms with Gasteiger partial charge in [0, 0.05) is 0 Å². The number of fused-ring (bicyclic) bond motifs is 2. The van der Waals surface area contributed by atoms with E-state index >= 15 is 0 Å². The zero-order valence-corrected chi connectivity index (χ0v) is 37.8. The topological polar surface area (TPSA) is 235 Å². The zero-order chi connectivity index (χ0) is 49.2. The van der Waals surface area contributed by atoms with Crippen LogP contribution in [0, 0.1) is 5.41 Å². The summed E-state index contributed by atoms with van der Waals surface area (Å²) < 4.78 is 93.0. The number of hydrogen-bond acceptors (Lipinski definition) is 18. The minimum absolute atomic E-state index is 0.0619. The Morgan fingerprint density at radius 3 is 1.55 bits per heavy atom. The molecule has 0 amide bonds. The number of esters is 6. The van der Waals surface area contributed by atoms with Gasteiger partial charge in [-0.15, -0.1) is 0 Å². The molecule has 2 unspecified atom stereocenters. The van der Waals surface area contributed by atoms with Gasteiger partial charge in [-0.2, -0.15) is 0 Å². The Bertz CT molecular complexity index is 2040. The van der Waals surface area contributed by atoms with E-state index < -0.39 is 114 Å². The number of carbonyl (C=O) groups excluding carboxylic acids is 6. The van der Waals surface area contributed by atoms with Gasteiger partial charge >= 0.3 is 35.8 Å². The molecule has 6 heterocycles. The van der Waals surface area contributed by atoms with Crippen LogP contribution < -0.4 is 0 Å². The molecule has 0 aromatic heterocycles. The Balaban J connectivity index is 0.000000177. The summed E-state index contributed by atoms with van der Waals surface area (Å²) in [5, 5.41) is 17.5. The maximum Gasteiger partial charge on any atom is 0.348 e. The van der Waals surface area contributed by atoms with Crippen molar-refractivity contribution in [1.29, 1.82) is 0 Å². The lowest BCUT2D eigenvalue weighted by Gasteiger charge is -2.35. The van der Waals surface area contributed by atoms with Crippen LogP contribution in [-0.4, -0.2) is 150 Å². The number of cyclic esters (lactones) is 4. The molecule has 0 spiro atoms. The number of rotatable bonds is 6. The lowest BCUT2D eigenvalue weighted by Crippen LogP contribution is -2.55. The van der Waals surface area contributed by atoms with Gasteiger partial charge in [-0.3, -0.25) is 4.79 Å². The fourth-order valence-electron chi connectivity index (χ4n) is 7.45. The molecule has 6 aliphatic heterocycles. The molecule has 0 aliphatic carbocycles. The summed E-state index contributed by atoms with van der Waals surface area (Å²) in [6.07, 6.45) is -7.17. The van der Waals surface area contributed by atoms with Gasteiger partial charge in [0.25, 0.3) is 0 Å². The van der Waals surface area contributed by atoms with Gasteiger partial charge in [0.15, 0.2) is 29.9 Å². The number of aliphatic hydroxyl groups is 2. The van der Waals surface area contributed by atoms with E-state index in [4.69, 9.17) is 48.1 Å². The van der Waals surface area contributed by atoms with Crippen LogP contribution in [0.5, 0.6) is 0 Å². The molecule has 11 atom stereocenters. The fraction of sp³-hybridized carbons (Fsp3) is 0.600.